The number of benzene rings is 2. The molecular formula is C24H30N4O4. The molecule has 1 aromatic heterocycles. The smallest absolute Gasteiger partial charge is 0.274 e. The molecule has 1 amide bonds. The number of amides is 1. The van der Waals surface area contributed by atoms with Crippen molar-refractivity contribution in [3.8, 4) is 5.75 Å². The maximum atomic E-state index is 13.0. The van der Waals surface area contributed by atoms with Crippen LogP contribution in [-0.2, 0) is 17.7 Å². The lowest BCUT2D eigenvalue weighted by Crippen LogP contribution is -2.38. The molecule has 32 heavy (non-hydrogen) atoms. The van der Waals surface area contributed by atoms with Crippen LogP contribution in [0.25, 0.3) is 10.9 Å². The zero-order valence-corrected chi connectivity index (χ0v) is 18.4. The average Bonchev–Trinajstić information content (AvgIpc) is 3.22. The minimum atomic E-state index is -0.957. The van der Waals surface area contributed by atoms with Crippen molar-refractivity contribution in [2.45, 2.75) is 25.6 Å². The number of aliphatic hydroxyl groups is 1. The van der Waals surface area contributed by atoms with E-state index in [4.69, 9.17) is 9.47 Å². The van der Waals surface area contributed by atoms with Crippen LogP contribution in [0.15, 0.2) is 48.5 Å². The topological polar surface area (TPSA) is 88.8 Å². The van der Waals surface area contributed by atoms with Crippen LogP contribution in [0.1, 0.15) is 22.5 Å². The molecule has 0 radical (unpaired) electrons. The zero-order valence-electron chi connectivity index (χ0n) is 18.4. The highest BCUT2D eigenvalue weighted by molar-refractivity contribution is 6.06. The number of carbonyl (C=O) groups excluding carboxylic acids is 1. The SMILES string of the molecule is COc1cccc2c(C(=O)N[C@@H](O)CCc3ccccc3)nn(CCN3CCOCC3)c12. The molecule has 0 spiro atoms. The summed E-state index contributed by atoms with van der Waals surface area (Å²) in [6, 6.07) is 15.5. The van der Waals surface area contributed by atoms with E-state index in [-0.39, 0.29) is 0 Å². The largest absolute Gasteiger partial charge is 0.494 e. The van der Waals surface area contributed by atoms with E-state index < -0.39 is 12.1 Å². The summed E-state index contributed by atoms with van der Waals surface area (Å²) in [4.78, 5) is 15.3. The normalized spacial score (nSPS) is 15.6. The molecule has 8 nitrogen and oxygen atoms in total. The molecular weight excluding hydrogens is 408 g/mol. The molecule has 1 aliphatic heterocycles. The molecule has 1 saturated heterocycles. The van der Waals surface area contributed by atoms with Gasteiger partial charge in [0.15, 0.2) is 5.69 Å². The van der Waals surface area contributed by atoms with E-state index in [0.29, 0.717) is 36.2 Å². The molecule has 0 bridgehead atoms. The second-order valence-electron chi connectivity index (χ2n) is 7.90. The molecule has 3 aromatic rings. The molecule has 1 aliphatic rings. The van der Waals surface area contributed by atoms with Gasteiger partial charge in [0.2, 0.25) is 0 Å². The molecule has 0 aliphatic carbocycles. The fourth-order valence-electron chi connectivity index (χ4n) is 4.00. The number of rotatable bonds is 9. The number of para-hydroxylation sites is 1. The summed E-state index contributed by atoms with van der Waals surface area (Å²) in [7, 11) is 1.61. The molecule has 2 N–H and O–H groups in total. The van der Waals surface area contributed by atoms with Gasteiger partial charge in [-0.25, -0.2) is 0 Å². The van der Waals surface area contributed by atoms with Crippen LogP contribution in [-0.4, -0.2) is 71.9 Å². The van der Waals surface area contributed by atoms with Crippen LogP contribution in [0.4, 0.5) is 0 Å². The van der Waals surface area contributed by atoms with Crippen molar-refractivity contribution >= 4 is 16.8 Å². The van der Waals surface area contributed by atoms with Crippen LogP contribution in [0, 0.1) is 0 Å². The van der Waals surface area contributed by atoms with E-state index in [1.165, 1.54) is 0 Å². The number of fused-ring (bicyclic) bond motifs is 1. The average molecular weight is 439 g/mol. The van der Waals surface area contributed by atoms with Crippen LogP contribution >= 0.6 is 0 Å². The molecule has 170 valence electrons. The Morgan fingerprint density at radius 3 is 2.69 bits per heavy atom. The lowest BCUT2D eigenvalue weighted by Gasteiger charge is -2.26. The Labute approximate surface area is 187 Å². The monoisotopic (exact) mass is 438 g/mol. The van der Waals surface area contributed by atoms with Crippen molar-refractivity contribution in [2.24, 2.45) is 0 Å². The lowest BCUT2D eigenvalue weighted by molar-refractivity contribution is 0.0361. The summed E-state index contributed by atoms with van der Waals surface area (Å²) in [6.07, 6.45) is 0.140. The number of nitrogens with zero attached hydrogens (tertiary/aromatic N) is 3. The predicted molar refractivity (Wildman–Crippen MR) is 122 cm³/mol. The third-order valence-corrected chi connectivity index (χ3v) is 5.75. The van der Waals surface area contributed by atoms with Crippen molar-refractivity contribution in [3.63, 3.8) is 0 Å². The minimum absolute atomic E-state index is 0.291. The fourth-order valence-corrected chi connectivity index (χ4v) is 4.00. The molecule has 0 unspecified atom stereocenters. The van der Waals surface area contributed by atoms with Gasteiger partial charge in [0, 0.05) is 25.0 Å². The quantitative estimate of drug-likeness (QED) is 0.497. The minimum Gasteiger partial charge on any atom is -0.494 e. The van der Waals surface area contributed by atoms with Gasteiger partial charge in [-0.05, 0) is 24.5 Å². The van der Waals surface area contributed by atoms with E-state index >= 15 is 0 Å². The molecule has 1 fully saturated rings. The van der Waals surface area contributed by atoms with Crippen LogP contribution in [0.3, 0.4) is 0 Å². The maximum Gasteiger partial charge on any atom is 0.274 e. The summed E-state index contributed by atoms with van der Waals surface area (Å²) in [5.74, 6) is 0.273. The van der Waals surface area contributed by atoms with Gasteiger partial charge in [0.05, 0.1) is 26.9 Å². The standard InChI is InChI=1S/C24H30N4O4/c1-31-20-9-5-8-19-22(24(30)25-21(29)11-10-18-6-3-2-4-7-18)26-28(23(19)20)13-12-27-14-16-32-17-15-27/h2-9,21,29H,10-17H2,1H3,(H,25,30)/t21-/m0/s1. The number of aryl methyl sites for hydroxylation is 1. The van der Waals surface area contributed by atoms with Crippen molar-refractivity contribution < 1.29 is 19.4 Å². The number of aromatic nitrogens is 2. The summed E-state index contributed by atoms with van der Waals surface area (Å²) in [6.45, 7) is 4.67. The van der Waals surface area contributed by atoms with Crippen LogP contribution < -0.4 is 10.1 Å². The van der Waals surface area contributed by atoms with E-state index in [2.05, 4.69) is 15.3 Å². The van der Waals surface area contributed by atoms with Crippen molar-refractivity contribution in [3.05, 3.63) is 59.8 Å². The van der Waals surface area contributed by atoms with Gasteiger partial charge in [0.25, 0.3) is 5.91 Å². The van der Waals surface area contributed by atoms with Gasteiger partial charge < -0.3 is 19.9 Å². The Bertz CT molecular complexity index is 1030. The fraction of sp³-hybridized carbons (Fsp3) is 0.417. The maximum absolute atomic E-state index is 13.0. The molecule has 2 heterocycles. The number of hydrogen-bond donors (Lipinski definition) is 2. The Hall–Kier alpha value is -2.94. The zero-order chi connectivity index (χ0) is 22.3. The highest BCUT2D eigenvalue weighted by Crippen LogP contribution is 2.28. The van der Waals surface area contributed by atoms with Gasteiger partial charge in [-0.15, -0.1) is 0 Å². The van der Waals surface area contributed by atoms with E-state index in [1.807, 2.05) is 53.2 Å². The van der Waals surface area contributed by atoms with Gasteiger partial charge in [-0.3, -0.25) is 14.4 Å². The number of methoxy groups -OCH3 is 1. The second-order valence-corrected chi connectivity index (χ2v) is 7.90. The van der Waals surface area contributed by atoms with Crippen molar-refractivity contribution in [1.82, 2.24) is 20.0 Å². The number of nitrogens with one attached hydrogen (secondary N) is 1. The van der Waals surface area contributed by atoms with Gasteiger partial charge >= 0.3 is 0 Å². The van der Waals surface area contributed by atoms with Gasteiger partial charge in [-0.1, -0.05) is 42.5 Å². The predicted octanol–water partition coefficient (Wildman–Crippen LogP) is 2.06. The third-order valence-electron chi connectivity index (χ3n) is 5.75. The van der Waals surface area contributed by atoms with E-state index in [9.17, 15) is 9.90 Å². The molecule has 0 saturated carbocycles. The first kappa shape index (κ1) is 22.3. The number of hydrogen-bond acceptors (Lipinski definition) is 6. The summed E-state index contributed by atoms with van der Waals surface area (Å²) in [5.41, 5.74) is 2.19. The molecule has 2 aromatic carbocycles. The summed E-state index contributed by atoms with van der Waals surface area (Å²) >= 11 is 0. The van der Waals surface area contributed by atoms with Gasteiger partial charge in [0.1, 0.15) is 17.5 Å². The number of ether oxygens (including phenoxy) is 2. The Kier molecular flexibility index (Phi) is 7.36. The first-order valence-electron chi connectivity index (χ1n) is 11.0. The van der Waals surface area contributed by atoms with Crippen LogP contribution in [0.5, 0.6) is 5.75 Å². The molecule has 4 rings (SSSR count). The molecule has 1 atom stereocenters. The van der Waals surface area contributed by atoms with Crippen molar-refractivity contribution in [1.29, 1.82) is 0 Å². The third kappa shape index (κ3) is 5.27. The lowest BCUT2D eigenvalue weighted by atomic mass is 10.1. The van der Waals surface area contributed by atoms with E-state index in [1.54, 1.807) is 7.11 Å². The first-order valence-corrected chi connectivity index (χ1v) is 11.0. The first-order chi connectivity index (χ1) is 15.7. The highest BCUT2D eigenvalue weighted by Gasteiger charge is 2.22. The summed E-state index contributed by atoms with van der Waals surface area (Å²) < 4.78 is 12.8. The van der Waals surface area contributed by atoms with Crippen molar-refractivity contribution in [2.75, 3.05) is 40.0 Å². The van der Waals surface area contributed by atoms with Crippen LogP contribution in [0.2, 0.25) is 0 Å². The number of aliphatic hydroxyl groups excluding tert-OH is 1. The van der Waals surface area contributed by atoms with E-state index in [0.717, 1.165) is 43.9 Å². The second kappa shape index (κ2) is 10.6. The Morgan fingerprint density at radius 2 is 1.94 bits per heavy atom. The summed E-state index contributed by atoms with van der Waals surface area (Å²) in [5, 5.41) is 18.4. The highest BCUT2D eigenvalue weighted by atomic mass is 16.5. The number of morpholine rings is 1. The Morgan fingerprint density at radius 1 is 1.16 bits per heavy atom. The Balaban J connectivity index is 1.48. The number of carbonyl (C=O) groups is 1. The molecule has 8 heteroatoms. The van der Waals surface area contributed by atoms with Gasteiger partial charge in [-0.2, -0.15) is 5.10 Å².